The van der Waals surface area contributed by atoms with Gasteiger partial charge in [-0.15, -0.1) is 0 Å². The van der Waals surface area contributed by atoms with E-state index in [2.05, 4.69) is 24.1 Å². The van der Waals surface area contributed by atoms with Crippen molar-refractivity contribution in [1.82, 2.24) is 10.2 Å². The lowest BCUT2D eigenvalue weighted by Crippen LogP contribution is -2.50. The second kappa shape index (κ2) is 7.10. The first-order valence-corrected chi connectivity index (χ1v) is 8.64. The molecule has 0 amide bonds. The van der Waals surface area contributed by atoms with Crippen LogP contribution < -0.4 is 5.32 Å². The van der Waals surface area contributed by atoms with Crippen LogP contribution >= 0.6 is 0 Å². The van der Waals surface area contributed by atoms with Crippen molar-refractivity contribution < 1.29 is 9.90 Å². The molecule has 1 saturated carbocycles. The van der Waals surface area contributed by atoms with Crippen LogP contribution in [0.4, 0.5) is 0 Å². The summed E-state index contributed by atoms with van der Waals surface area (Å²) < 4.78 is 0. The molecule has 4 nitrogen and oxygen atoms in total. The van der Waals surface area contributed by atoms with Gasteiger partial charge in [-0.1, -0.05) is 13.8 Å². The Labute approximate surface area is 129 Å². The van der Waals surface area contributed by atoms with E-state index < -0.39 is 11.5 Å². The molecule has 21 heavy (non-hydrogen) atoms. The van der Waals surface area contributed by atoms with Crippen molar-refractivity contribution in [3.63, 3.8) is 0 Å². The van der Waals surface area contributed by atoms with Crippen LogP contribution in [0.2, 0.25) is 0 Å². The summed E-state index contributed by atoms with van der Waals surface area (Å²) in [5, 5.41) is 12.7. The highest BCUT2D eigenvalue weighted by atomic mass is 16.4. The molecular weight excluding hydrogens is 264 g/mol. The van der Waals surface area contributed by atoms with Gasteiger partial charge in [0.15, 0.2) is 0 Å². The third-order valence-electron chi connectivity index (χ3n) is 5.22. The van der Waals surface area contributed by atoms with E-state index in [1.165, 1.54) is 19.5 Å². The Hall–Kier alpha value is -0.610. The van der Waals surface area contributed by atoms with Crippen LogP contribution in [0, 0.1) is 11.8 Å². The van der Waals surface area contributed by atoms with Crippen LogP contribution in [0.15, 0.2) is 0 Å². The van der Waals surface area contributed by atoms with Gasteiger partial charge in [-0.05, 0) is 70.4 Å². The molecular formula is C17H32N2O2. The molecule has 2 aliphatic rings. The summed E-state index contributed by atoms with van der Waals surface area (Å²) in [6, 6.07) is 0.441. The molecule has 2 rings (SSSR count). The van der Waals surface area contributed by atoms with Crippen LogP contribution in [-0.4, -0.2) is 47.2 Å². The number of aliphatic carboxylic acids is 1. The van der Waals surface area contributed by atoms with Gasteiger partial charge in [-0.2, -0.15) is 0 Å². The number of likely N-dealkylation sites (tertiary alicyclic amines) is 1. The molecule has 1 aliphatic carbocycles. The molecule has 2 unspecified atom stereocenters. The first kappa shape index (κ1) is 16.8. The molecule has 1 saturated heterocycles. The van der Waals surface area contributed by atoms with Gasteiger partial charge < -0.3 is 10.0 Å². The van der Waals surface area contributed by atoms with Crippen molar-refractivity contribution in [3.05, 3.63) is 0 Å². The Balaban J connectivity index is 1.65. The average molecular weight is 296 g/mol. The highest BCUT2D eigenvalue weighted by Gasteiger charge is 2.37. The number of nitrogens with zero attached hydrogens (tertiary/aromatic N) is 1. The number of carbonyl (C=O) groups is 1. The lowest BCUT2D eigenvalue weighted by molar-refractivity contribution is -0.144. The number of hydrogen-bond donors (Lipinski definition) is 2. The molecule has 2 N–H and O–H groups in total. The number of nitrogens with one attached hydrogen (secondary N) is 1. The van der Waals surface area contributed by atoms with Gasteiger partial charge in [0.2, 0.25) is 0 Å². The summed E-state index contributed by atoms with van der Waals surface area (Å²) in [5.74, 6) is 0.939. The first-order valence-electron chi connectivity index (χ1n) is 8.64. The predicted octanol–water partition coefficient (Wildman–Crippen LogP) is 2.73. The van der Waals surface area contributed by atoms with Gasteiger partial charge in [0.1, 0.15) is 5.54 Å². The van der Waals surface area contributed by atoms with Crippen molar-refractivity contribution in [1.29, 1.82) is 0 Å². The van der Waals surface area contributed by atoms with Gasteiger partial charge in [0, 0.05) is 12.6 Å². The standard InChI is InChI=1S/C17H32N2O2/c1-13(2)14-8-11-19(12-14)10-5-4-9-17(3,16(20)21)18-15-6-7-15/h13-15,18H,4-12H2,1-3H3,(H,20,21). The smallest absolute Gasteiger partial charge is 0.323 e. The Morgan fingerprint density at radius 1 is 1.33 bits per heavy atom. The Bertz CT molecular complexity index is 355. The average Bonchev–Trinajstić information content (AvgIpc) is 3.08. The molecule has 0 spiro atoms. The lowest BCUT2D eigenvalue weighted by Gasteiger charge is -2.27. The SMILES string of the molecule is CC(C)C1CCN(CCCCC(C)(NC2CC2)C(=O)O)C1. The Kier molecular flexibility index (Phi) is 5.67. The van der Waals surface area contributed by atoms with Crippen LogP contribution in [0.25, 0.3) is 0 Å². The quantitative estimate of drug-likeness (QED) is 0.642. The molecule has 122 valence electrons. The van der Waals surface area contributed by atoms with Crippen LogP contribution in [0.3, 0.4) is 0 Å². The summed E-state index contributed by atoms with van der Waals surface area (Å²) in [6.07, 6.45) is 6.43. The number of carboxylic acid groups (broad SMARTS) is 1. The first-order chi connectivity index (χ1) is 9.90. The van der Waals surface area contributed by atoms with Crippen LogP contribution in [-0.2, 0) is 4.79 Å². The van der Waals surface area contributed by atoms with E-state index in [1.807, 2.05) is 6.92 Å². The number of rotatable bonds is 9. The highest BCUT2D eigenvalue weighted by molar-refractivity contribution is 5.78. The van der Waals surface area contributed by atoms with Gasteiger partial charge >= 0.3 is 5.97 Å². The van der Waals surface area contributed by atoms with Crippen molar-refractivity contribution >= 4 is 5.97 Å². The summed E-state index contributed by atoms with van der Waals surface area (Å²) in [6.45, 7) is 10.1. The van der Waals surface area contributed by atoms with Crippen molar-refractivity contribution in [2.24, 2.45) is 11.8 Å². The van der Waals surface area contributed by atoms with E-state index in [4.69, 9.17) is 0 Å². The summed E-state index contributed by atoms with van der Waals surface area (Å²) in [4.78, 5) is 14.0. The second-order valence-corrected chi connectivity index (χ2v) is 7.61. The van der Waals surface area contributed by atoms with Gasteiger partial charge in [0.25, 0.3) is 0 Å². The maximum Gasteiger partial charge on any atom is 0.323 e. The van der Waals surface area contributed by atoms with Gasteiger partial charge in [0.05, 0.1) is 0 Å². The molecule has 0 aromatic rings. The zero-order chi connectivity index (χ0) is 15.5. The molecule has 2 atom stereocenters. The van der Waals surface area contributed by atoms with E-state index in [0.29, 0.717) is 6.04 Å². The molecule has 4 heteroatoms. The number of hydrogen-bond acceptors (Lipinski definition) is 3. The topological polar surface area (TPSA) is 52.6 Å². The van der Waals surface area contributed by atoms with E-state index >= 15 is 0 Å². The Morgan fingerprint density at radius 2 is 2.05 bits per heavy atom. The molecule has 1 heterocycles. The fraction of sp³-hybridized carbons (Fsp3) is 0.941. The largest absolute Gasteiger partial charge is 0.480 e. The fourth-order valence-corrected chi connectivity index (χ4v) is 3.34. The zero-order valence-corrected chi connectivity index (χ0v) is 13.9. The number of unbranched alkanes of at least 4 members (excludes halogenated alkanes) is 1. The second-order valence-electron chi connectivity index (χ2n) is 7.61. The van der Waals surface area contributed by atoms with Crippen molar-refractivity contribution in [2.45, 2.75) is 70.9 Å². The maximum absolute atomic E-state index is 11.5. The zero-order valence-electron chi connectivity index (χ0n) is 13.9. The normalized spacial score (nSPS) is 26.2. The van der Waals surface area contributed by atoms with Gasteiger partial charge in [-0.3, -0.25) is 10.1 Å². The predicted molar refractivity (Wildman–Crippen MR) is 85.4 cm³/mol. The third kappa shape index (κ3) is 4.96. The van der Waals surface area contributed by atoms with E-state index in [-0.39, 0.29) is 0 Å². The lowest BCUT2D eigenvalue weighted by atomic mass is 9.94. The van der Waals surface area contributed by atoms with E-state index in [9.17, 15) is 9.90 Å². The molecule has 0 bridgehead atoms. The van der Waals surface area contributed by atoms with Crippen LogP contribution in [0.5, 0.6) is 0 Å². The molecule has 0 radical (unpaired) electrons. The fourth-order valence-electron chi connectivity index (χ4n) is 3.34. The van der Waals surface area contributed by atoms with Crippen molar-refractivity contribution in [2.75, 3.05) is 19.6 Å². The minimum absolute atomic E-state index is 0.441. The van der Waals surface area contributed by atoms with E-state index in [0.717, 1.165) is 50.5 Å². The number of carboxylic acids is 1. The Morgan fingerprint density at radius 3 is 2.57 bits per heavy atom. The van der Waals surface area contributed by atoms with Crippen molar-refractivity contribution in [3.8, 4) is 0 Å². The molecule has 1 aliphatic heterocycles. The molecule has 2 fully saturated rings. The minimum atomic E-state index is -0.730. The van der Waals surface area contributed by atoms with Gasteiger partial charge in [-0.25, -0.2) is 0 Å². The molecule has 0 aromatic carbocycles. The molecule has 0 aromatic heterocycles. The third-order valence-corrected chi connectivity index (χ3v) is 5.22. The summed E-state index contributed by atoms with van der Waals surface area (Å²) in [5.41, 5.74) is -0.730. The van der Waals surface area contributed by atoms with Crippen LogP contribution in [0.1, 0.15) is 59.3 Å². The minimum Gasteiger partial charge on any atom is -0.480 e. The maximum atomic E-state index is 11.5. The highest BCUT2D eigenvalue weighted by Crippen LogP contribution is 2.26. The summed E-state index contributed by atoms with van der Waals surface area (Å²) in [7, 11) is 0. The van der Waals surface area contributed by atoms with E-state index in [1.54, 1.807) is 0 Å². The monoisotopic (exact) mass is 296 g/mol. The summed E-state index contributed by atoms with van der Waals surface area (Å²) >= 11 is 0.